The quantitative estimate of drug-likeness (QED) is 0.638. The van der Waals surface area contributed by atoms with Crippen molar-refractivity contribution < 1.29 is 4.79 Å². The molecule has 0 spiro atoms. The van der Waals surface area contributed by atoms with Gasteiger partial charge in [0, 0.05) is 22.5 Å². The summed E-state index contributed by atoms with van der Waals surface area (Å²) in [7, 11) is 0. The summed E-state index contributed by atoms with van der Waals surface area (Å²) in [6.07, 6.45) is 0.605. The maximum absolute atomic E-state index is 12.5. The van der Waals surface area contributed by atoms with Crippen molar-refractivity contribution in [2.75, 3.05) is 5.32 Å². The number of aromatic amines is 1. The summed E-state index contributed by atoms with van der Waals surface area (Å²) < 4.78 is 0. The number of benzene rings is 1. The minimum atomic E-state index is -0.363. The highest BCUT2D eigenvalue weighted by Crippen LogP contribution is 2.25. The Morgan fingerprint density at radius 1 is 1.39 bits per heavy atom. The van der Waals surface area contributed by atoms with Crippen molar-refractivity contribution in [3.8, 4) is 0 Å². The number of hydrogen-bond acceptors (Lipinski definition) is 4. The van der Waals surface area contributed by atoms with Crippen LogP contribution >= 0.6 is 23.4 Å². The molecule has 1 amide bonds. The lowest BCUT2D eigenvalue weighted by molar-refractivity contribution is -0.115. The molecule has 0 aliphatic rings. The molecule has 2 aromatic rings. The lowest BCUT2D eigenvalue weighted by Gasteiger charge is -2.15. The van der Waals surface area contributed by atoms with E-state index in [1.165, 1.54) is 17.8 Å². The maximum atomic E-state index is 12.5. The smallest absolute Gasteiger partial charge is 0.251 e. The van der Waals surface area contributed by atoms with Crippen molar-refractivity contribution in [3.05, 3.63) is 50.9 Å². The number of nitrogens with one attached hydrogen (secondary N) is 2. The molecule has 2 rings (SSSR count). The second-order valence-corrected chi connectivity index (χ2v) is 6.78. The lowest BCUT2D eigenvalue weighted by Crippen LogP contribution is -2.25. The van der Waals surface area contributed by atoms with Gasteiger partial charge in [0.25, 0.3) is 5.56 Å². The van der Waals surface area contributed by atoms with E-state index < -0.39 is 0 Å². The van der Waals surface area contributed by atoms with Gasteiger partial charge in [-0.1, -0.05) is 36.4 Å². The predicted octanol–water partition coefficient (Wildman–Crippen LogP) is 3.55. The van der Waals surface area contributed by atoms with Crippen molar-refractivity contribution >= 4 is 35.0 Å². The Kier molecular flexibility index (Phi) is 5.85. The standard InChI is InChI=1S/C16H18ClN3O2S/c1-4-13(23-16-18-10(3)7-14(21)20-16)15(22)19-12-8-11(17)6-5-9(12)2/h5-8,13H,4H2,1-3H3,(H,19,22)(H,18,20,21). The van der Waals surface area contributed by atoms with Crippen LogP contribution in [0.1, 0.15) is 24.6 Å². The van der Waals surface area contributed by atoms with Gasteiger partial charge in [0.2, 0.25) is 5.91 Å². The molecule has 0 aliphatic carbocycles. The number of halogens is 1. The number of carbonyl (C=O) groups is 1. The van der Waals surface area contributed by atoms with Gasteiger partial charge in [-0.3, -0.25) is 9.59 Å². The number of aryl methyl sites for hydroxylation is 2. The summed E-state index contributed by atoms with van der Waals surface area (Å²) in [6, 6.07) is 6.77. The van der Waals surface area contributed by atoms with Crippen LogP contribution in [0.4, 0.5) is 5.69 Å². The van der Waals surface area contributed by atoms with Crippen LogP contribution in [0.3, 0.4) is 0 Å². The van der Waals surface area contributed by atoms with Crippen LogP contribution in [-0.4, -0.2) is 21.1 Å². The minimum Gasteiger partial charge on any atom is -0.325 e. The zero-order valence-electron chi connectivity index (χ0n) is 13.1. The summed E-state index contributed by atoms with van der Waals surface area (Å²) in [5.74, 6) is -0.146. The maximum Gasteiger partial charge on any atom is 0.251 e. The van der Waals surface area contributed by atoms with E-state index in [1.54, 1.807) is 19.1 Å². The van der Waals surface area contributed by atoms with Crippen molar-refractivity contribution in [2.45, 2.75) is 37.6 Å². The number of thioether (sulfide) groups is 1. The number of carbonyl (C=O) groups excluding carboxylic acids is 1. The topological polar surface area (TPSA) is 74.8 Å². The molecule has 1 unspecified atom stereocenters. The average molecular weight is 352 g/mol. The molecule has 1 heterocycles. The van der Waals surface area contributed by atoms with Gasteiger partial charge in [-0.25, -0.2) is 4.98 Å². The number of H-pyrrole nitrogens is 1. The third-order valence-corrected chi connectivity index (χ3v) is 4.71. The molecule has 1 aromatic heterocycles. The number of anilines is 1. The first-order valence-electron chi connectivity index (χ1n) is 7.20. The van der Waals surface area contributed by atoms with E-state index in [4.69, 9.17) is 11.6 Å². The molecule has 5 nitrogen and oxygen atoms in total. The number of nitrogens with zero attached hydrogens (tertiary/aromatic N) is 1. The first-order chi connectivity index (χ1) is 10.9. The fourth-order valence-electron chi connectivity index (χ4n) is 2.01. The van der Waals surface area contributed by atoms with Crippen LogP contribution in [0, 0.1) is 13.8 Å². The van der Waals surface area contributed by atoms with Crippen LogP contribution in [0.15, 0.2) is 34.2 Å². The van der Waals surface area contributed by atoms with E-state index in [0.717, 1.165) is 5.56 Å². The second kappa shape index (κ2) is 7.66. The highest BCUT2D eigenvalue weighted by Gasteiger charge is 2.20. The Morgan fingerprint density at radius 2 is 2.13 bits per heavy atom. The molecule has 1 atom stereocenters. The molecule has 0 saturated carbocycles. The monoisotopic (exact) mass is 351 g/mol. The summed E-state index contributed by atoms with van der Waals surface area (Å²) in [6.45, 7) is 5.56. The third-order valence-electron chi connectivity index (χ3n) is 3.22. The van der Waals surface area contributed by atoms with Gasteiger partial charge in [-0.15, -0.1) is 0 Å². The molecule has 23 heavy (non-hydrogen) atoms. The van der Waals surface area contributed by atoms with Crippen molar-refractivity contribution in [2.24, 2.45) is 0 Å². The highest BCUT2D eigenvalue weighted by molar-refractivity contribution is 8.00. The van der Waals surface area contributed by atoms with E-state index in [2.05, 4.69) is 15.3 Å². The molecule has 0 saturated heterocycles. The molecular formula is C16H18ClN3O2S. The molecule has 0 fully saturated rings. The highest BCUT2D eigenvalue weighted by atomic mass is 35.5. The first-order valence-corrected chi connectivity index (χ1v) is 8.46. The van der Waals surface area contributed by atoms with E-state index in [0.29, 0.717) is 28.0 Å². The molecule has 1 aromatic carbocycles. The zero-order chi connectivity index (χ0) is 17.0. The molecule has 122 valence electrons. The molecular weight excluding hydrogens is 334 g/mol. The van der Waals surface area contributed by atoms with E-state index >= 15 is 0 Å². The fraction of sp³-hybridized carbons (Fsp3) is 0.312. The van der Waals surface area contributed by atoms with Crippen LogP contribution in [0.2, 0.25) is 5.02 Å². The molecule has 7 heteroatoms. The molecule has 0 aliphatic heterocycles. The Morgan fingerprint density at radius 3 is 2.78 bits per heavy atom. The Bertz CT molecular complexity index is 776. The third kappa shape index (κ3) is 4.84. The summed E-state index contributed by atoms with van der Waals surface area (Å²) >= 11 is 7.21. The van der Waals surface area contributed by atoms with Crippen molar-refractivity contribution in [1.82, 2.24) is 9.97 Å². The van der Waals surface area contributed by atoms with Gasteiger partial charge < -0.3 is 10.3 Å². The summed E-state index contributed by atoms with van der Waals surface area (Å²) in [4.78, 5) is 30.9. The molecule has 2 N–H and O–H groups in total. The number of amides is 1. The number of rotatable bonds is 5. The largest absolute Gasteiger partial charge is 0.325 e. The van der Waals surface area contributed by atoms with E-state index in [-0.39, 0.29) is 16.7 Å². The lowest BCUT2D eigenvalue weighted by atomic mass is 10.2. The van der Waals surface area contributed by atoms with Gasteiger partial charge in [0.05, 0.1) is 5.25 Å². The normalized spacial score (nSPS) is 12.0. The molecule has 0 radical (unpaired) electrons. The van der Waals surface area contributed by atoms with Crippen molar-refractivity contribution in [1.29, 1.82) is 0 Å². The summed E-state index contributed by atoms with van der Waals surface area (Å²) in [5, 5.41) is 3.54. The van der Waals surface area contributed by atoms with Gasteiger partial charge >= 0.3 is 0 Å². The average Bonchev–Trinajstić information content (AvgIpc) is 2.47. The Labute approximate surface area is 143 Å². The number of aromatic nitrogens is 2. The van der Waals surface area contributed by atoms with Crippen molar-refractivity contribution in [3.63, 3.8) is 0 Å². The van der Waals surface area contributed by atoms with Gasteiger partial charge in [0.1, 0.15) is 0 Å². The van der Waals surface area contributed by atoms with Gasteiger partial charge in [-0.05, 0) is 38.0 Å². The minimum absolute atomic E-state index is 0.146. The number of hydrogen-bond donors (Lipinski definition) is 2. The predicted molar refractivity (Wildman–Crippen MR) is 94.3 cm³/mol. The van der Waals surface area contributed by atoms with E-state index in [1.807, 2.05) is 19.9 Å². The van der Waals surface area contributed by atoms with Crippen LogP contribution in [0.25, 0.3) is 0 Å². The van der Waals surface area contributed by atoms with E-state index in [9.17, 15) is 9.59 Å². The van der Waals surface area contributed by atoms with Crippen LogP contribution in [0.5, 0.6) is 0 Å². The first kappa shape index (κ1) is 17.6. The SMILES string of the molecule is CCC(Sc1nc(C)cc(=O)[nH]1)C(=O)Nc1cc(Cl)ccc1C. The second-order valence-electron chi connectivity index (χ2n) is 5.16. The van der Waals surface area contributed by atoms with Crippen LogP contribution < -0.4 is 10.9 Å². The summed E-state index contributed by atoms with van der Waals surface area (Å²) in [5.41, 5.74) is 2.02. The van der Waals surface area contributed by atoms with Crippen LogP contribution in [-0.2, 0) is 4.79 Å². The fourth-order valence-corrected chi connectivity index (χ4v) is 3.14. The molecule has 0 bridgehead atoms. The van der Waals surface area contributed by atoms with Gasteiger partial charge in [0.15, 0.2) is 5.16 Å². The zero-order valence-corrected chi connectivity index (χ0v) is 14.7. The Hall–Kier alpha value is -1.79. The van der Waals surface area contributed by atoms with Gasteiger partial charge in [-0.2, -0.15) is 0 Å². The Balaban J connectivity index is 2.15.